The number of nitrogens with one attached hydrogen (secondary N) is 1. The van der Waals surface area contributed by atoms with Crippen LogP contribution in [0.4, 0.5) is 0 Å². The molecule has 4 rings (SSSR count). The van der Waals surface area contributed by atoms with Crippen molar-refractivity contribution in [2.24, 2.45) is 0 Å². The fourth-order valence-electron chi connectivity index (χ4n) is 3.62. The predicted molar refractivity (Wildman–Crippen MR) is 120 cm³/mol. The third kappa shape index (κ3) is 4.25. The second-order valence-electron chi connectivity index (χ2n) is 6.99. The van der Waals surface area contributed by atoms with Crippen molar-refractivity contribution in [3.63, 3.8) is 0 Å². The first-order valence-corrected chi connectivity index (χ1v) is 12.7. The number of amides is 2. The smallest absolute Gasteiger partial charge is 0.352 e. The molecule has 2 aliphatic rings. The van der Waals surface area contributed by atoms with E-state index in [-0.39, 0.29) is 18.1 Å². The molecule has 14 heteroatoms. The number of nitrogens with zero attached hydrogens (tertiary/aromatic N) is 4. The number of aliphatic carboxylic acids is 1. The molecule has 0 spiro atoms. The zero-order valence-corrected chi connectivity index (χ0v) is 19.7. The fraction of sp³-hybridized carbons (Fsp3) is 0.368. The van der Waals surface area contributed by atoms with Gasteiger partial charge in [0, 0.05) is 23.9 Å². The van der Waals surface area contributed by atoms with Gasteiger partial charge in [-0.05, 0) is 25.1 Å². The van der Waals surface area contributed by atoms with Crippen LogP contribution in [-0.2, 0) is 23.9 Å². The minimum atomic E-state index is -1.44. The highest BCUT2D eigenvalue weighted by atomic mass is 32.2. The number of β-lactam (4-membered cyclic amide) rings is 1. The topological polar surface area (TPSA) is 144 Å². The molecule has 1 saturated heterocycles. The monoisotopic (exact) mass is 509 g/mol. The first kappa shape index (κ1) is 23.3. The lowest BCUT2D eigenvalue weighted by atomic mass is 9.88. The number of carbonyl (C=O) groups excluding carboxylic acids is 3. The van der Waals surface area contributed by atoms with Crippen molar-refractivity contribution in [3.05, 3.63) is 41.8 Å². The summed E-state index contributed by atoms with van der Waals surface area (Å²) in [4.78, 5) is 52.2. The second kappa shape index (κ2) is 9.57. The van der Waals surface area contributed by atoms with Crippen LogP contribution in [0, 0.1) is 0 Å². The van der Waals surface area contributed by atoms with E-state index in [0.29, 0.717) is 10.1 Å². The van der Waals surface area contributed by atoms with Gasteiger partial charge >= 0.3 is 11.9 Å². The van der Waals surface area contributed by atoms with Crippen LogP contribution in [0.1, 0.15) is 13.0 Å². The molecule has 0 aliphatic carbocycles. The molecule has 174 valence electrons. The van der Waals surface area contributed by atoms with E-state index < -0.39 is 40.7 Å². The molecule has 0 radical (unpaired) electrons. The standard InChI is InChI=1S/C19H19N5O6S3/c1-2-30-15(28)12(23-6-3-4-7-23)13(25)21-19(9-32-18-22-20-10-33-18)16(29)24-11(14(26)27)5-8-31-17(19)24/h3-7,10,12,17H,2,8-9H2,1H3,(H,21,25)(H,26,27). The Labute approximate surface area is 200 Å². The number of ether oxygens (including phenoxy) is 1. The predicted octanol–water partition coefficient (Wildman–Crippen LogP) is 0.975. The number of carbonyl (C=O) groups is 4. The van der Waals surface area contributed by atoms with Crippen LogP contribution in [0.3, 0.4) is 0 Å². The Morgan fingerprint density at radius 3 is 2.79 bits per heavy atom. The Hall–Kier alpha value is -2.84. The van der Waals surface area contributed by atoms with Gasteiger partial charge in [0.2, 0.25) is 6.04 Å². The second-order valence-corrected chi connectivity index (χ2v) is 10.2. The third-order valence-corrected chi connectivity index (χ3v) is 8.40. The summed E-state index contributed by atoms with van der Waals surface area (Å²) in [6.07, 6.45) is 4.57. The van der Waals surface area contributed by atoms with Gasteiger partial charge in [0.05, 0.1) is 6.61 Å². The highest BCUT2D eigenvalue weighted by Crippen LogP contribution is 2.46. The minimum absolute atomic E-state index is 0.0832. The summed E-state index contributed by atoms with van der Waals surface area (Å²) in [5.74, 6) is -2.81. The average Bonchev–Trinajstić information content (AvgIpc) is 3.50. The van der Waals surface area contributed by atoms with Crippen LogP contribution >= 0.6 is 34.9 Å². The van der Waals surface area contributed by atoms with Gasteiger partial charge in [0.25, 0.3) is 11.8 Å². The van der Waals surface area contributed by atoms with Crippen molar-refractivity contribution in [3.8, 4) is 0 Å². The molecule has 0 bridgehead atoms. The molecule has 3 unspecified atom stereocenters. The first-order chi connectivity index (χ1) is 15.9. The molecule has 2 aromatic rings. The number of hydrogen-bond acceptors (Lipinski definition) is 10. The van der Waals surface area contributed by atoms with Crippen molar-refractivity contribution in [2.75, 3.05) is 18.1 Å². The molecule has 4 heterocycles. The van der Waals surface area contributed by atoms with E-state index in [1.807, 2.05) is 0 Å². The normalized spacial score (nSPS) is 22.6. The van der Waals surface area contributed by atoms with Gasteiger partial charge < -0.3 is 19.7 Å². The zero-order valence-electron chi connectivity index (χ0n) is 17.2. The van der Waals surface area contributed by atoms with E-state index in [0.717, 1.165) is 0 Å². The Morgan fingerprint density at radius 1 is 1.39 bits per heavy atom. The lowest BCUT2D eigenvalue weighted by Gasteiger charge is -2.56. The Bertz CT molecular complexity index is 1090. The van der Waals surface area contributed by atoms with Crippen molar-refractivity contribution >= 4 is 58.6 Å². The molecule has 2 aromatic heterocycles. The molecule has 1 fully saturated rings. The highest BCUT2D eigenvalue weighted by Gasteiger charge is 2.65. The van der Waals surface area contributed by atoms with Gasteiger partial charge in [-0.3, -0.25) is 14.5 Å². The summed E-state index contributed by atoms with van der Waals surface area (Å²) >= 11 is 3.84. The van der Waals surface area contributed by atoms with Crippen molar-refractivity contribution in [1.29, 1.82) is 0 Å². The van der Waals surface area contributed by atoms with E-state index in [9.17, 15) is 24.3 Å². The molecule has 33 heavy (non-hydrogen) atoms. The molecular formula is C19H19N5O6S3. The molecule has 2 amide bonds. The number of rotatable bonds is 9. The van der Waals surface area contributed by atoms with Gasteiger partial charge in [0.1, 0.15) is 16.6 Å². The third-order valence-electron chi connectivity index (χ3n) is 5.06. The number of carboxylic acid groups (broad SMARTS) is 1. The van der Waals surface area contributed by atoms with Gasteiger partial charge in [-0.25, -0.2) is 9.59 Å². The maximum atomic E-state index is 13.4. The average molecular weight is 510 g/mol. The van der Waals surface area contributed by atoms with E-state index in [2.05, 4.69) is 15.5 Å². The molecular weight excluding hydrogens is 490 g/mol. The van der Waals surface area contributed by atoms with Crippen LogP contribution in [0.5, 0.6) is 0 Å². The largest absolute Gasteiger partial charge is 0.477 e. The lowest BCUT2D eigenvalue weighted by molar-refractivity contribution is -0.160. The maximum absolute atomic E-state index is 13.4. The first-order valence-electron chi connectivity index (χ1n) is 9.78. The summed E-state index contributed by atoms with van der Waals surface area (Å²) < 4.78 is 7.08. The Balaban J connectivity index is 1.65. The quantitative estimate of drug-likeness (QED) is 0.217. The number of esters is 1. The molecule has 3 atom stereocenters. The maximum Gasteiger partial charge on any atom is 0.352 e. The van der Waals surface area contributed by atoms with E-state index >= 15 is 0 Å². The molecule has 11 nitrogen and oxygen atoms in total. The van der Waals surface area contributed by atoms with Crippen LogP contribution in [0.15, 0.2) is 46.1 Å². The summed E-state index contributed by atoms with van der Waals surface area (Å²) in [5, 5.41) is 19.4. The minimum Gasteiger partial charge on any atom is -0.477 e. The number of fused-ring (bicyclic) bond motifs is 1. The van der Waals surface area contributed by atoms with E-state index in [1.165, 1.54) is 50.4 Å². The summed E-state index contributed by atoms with van der Waals surface area (Å²) in [5.41, 5.74) is -0.0152. The Morgan fingerprint density at radius 2 is 2.15 bits per heavy atom. The fourth-order valence-corrected chi connectivity index (χ4v) is 6.71. The van der Waals surface area contributed by atoms with Crippen LogP contribution < -0.4 is 5.32 Å². The van der Waals surface area contributed by atoms with Gasteiger partial charge in [-0.15, -0.1) is 22.0 Å². The van der Waals surface area contributed by atoms with Crippen molar-refractivity contribution in [2.45, 2.75) is 28.2 Å². The van der Waals surface area contributed by atoms with Gasteiger partial charge in [-0.2, -0.15) is 0 Å². The SMILES string of the molecule is CCOC(=O)C(C(=O)NC1(CSc2nncs2)C(=O)N2C(C(=O)O)=CCSC21)n1cccc1. The van der Waals surface area contributed by atoms with E-state index in [4.69, 9.17) is 4.74 Å². The number of carboxylic acids is 1. The highest BCUT2D eigenvalue weighted by molar-refractivity contribution is 8.01. The zero-order chi connectivity index (χ0) is 23.6. The molecule has 0 saturated carbocycles. The summed E-state index contributed by atoms with van der Waals surface area (Å²) in [7, 11) is 0. The number of hydrogen-bond donors (Lipinski definition) is 2. The van der Waals surface area contributed by atoms with Crippen LogP contribution in [-0.4, -0.2) is 77.5 Å². The van der Waals surface area contributed by atoms with Crippen molar-refractivity contribution < 1.29 is 29.0 Å². The van der Waals surface area contributed by atoms with E-state index in [1.54, 1.807) is 37.0 Å². The molecule has 2 aliphatic heterocycles. The number of aromatic nitrogens is 3. The Kier molecular flexibility index (Phi) is 6.76. The van der Waals surface area contributed by atoms with Crippen LogP contribution in [0.25, 0.3) is 0 Å². The number of thioether (sulfide) groups is 2. The lowest BCUT2D eigenvalue weighted by Crippen LogP contribution is -2.81. The molecule has 0 aromatic carbocycles. The van der Waals surface area contributed by atoms with Gasteiger partial charge in [-0.1, -0.05) is 23.1 Å². The van der Waals surface area contributed by atoms with Crippen LogP contribution in [0.2, 0.25) is 0 Å². The summed E-state index contributed by atoms with van der Waals surface area (Å²) in [6.45, 7) is 1.72. The van der Waals surface area contributed by atoms with Crippen molar-refractivity contribution in [1.82, 2.24) is 25.0 Å². The molecule has 2 N–H and O–H groups in total. The van der Waals surface area contributed by atoms with Gasteiger partial charge in [0.15, 0.2) is 9.88 Å². The summed E-state index contributed by atoms with van der Waals surface area (Å²) in [6, 6.07) is 1.99.